The van der Waals surface area contributed by atoms with Gasteiger partial charge in [-0.2, -0.15) is 4.31 Å². The smallest absolute Gasteiger partial charge is 0.243 e. The number of halogens is 1. The summed E-state index contributed by atoms with van der Waals surface area (Å²) in [6.45, 7) is 5.36. The van der Waals surface area contributed by atoms with Gasteiger partial charge < -0.3 is 4.74 Å². The van der Waals surface area contributed by atoms with Crippen LogP contribution < -0.4 is 0 Å². The van der Waals surface area contributed by atoms with E-state index < -0.39 is 15.8 Å². The van der Waals surface area contributed by atoms with Crippen molar-refractivity contribution in [2.24, 2.45) is 10.8 Å². The average Bonchev–Trinajstić information content (AvgIpc) is 2.96. The number of benzene rings is 1. The van der Waals surface area contributed by atoms with Gasteiger partial charge in [0, 0.05) is 37.6 Å². The van der Waals surface area contributed by atoms with Crippen LogP contribution in [-0.4, -0.2) is 63.1 Å². The molecule has 4 aliphatic rings. The Morgan fingerprint density at radius 1 is 1.00 bits per heavy atom. The van der Waals surface area contributed by atoms with E-state index in [9.17, 15) is 12.8 Å². The standard InChI is InChI=1S/C20H27FN2O3S/c21-16-1-3-18(4-2-16)27(24,25)23-9-7-19(8-10-23)6-5-17(11-19)22-12-20(13-22)14-26-15-20/h1-4,17H,5-15H2. The molecule has 2 spiro atoms. The number of hydrogen-bond acceptors (Lipinski definition) is 4. The maximum absolute atomic E-state index is 13.1. The summed E-state index contributed by atoms with van der Waals surface area (Å²) in [5.41, 5.74) is 0.765. The highest BCUT2D eigenvalue weighted by atomic mass is 32.2. The number of rotatable bonds is 3. The van der Waals surface area contributed by atoms with Crippen LogP contribution in [0.4, 0.5) is 4.39 Å². The van der Waals surface area contributed by atoms with Crippen molar-refractivity contribution < 1.29 is 17.5 Å². The van der Waals surface area contributed by atoms with Crippen molar-refractivity contribution in [1.29, 1.82) is 0 Å². The van der Waals surface area contributed by atoms with Crippen LogP contribution in [0.2, 0.25) is 0 Å². The second-order valence-corrected chi connectivity index (χ2v) is 11.1. The zero-order valence-electron chi connectivity index (χ0n) is 15.6. The predicted octanol–water partition coefficient (Wildman–Crippen LogP) is 2.48. The molecule has 1 aliphatic carbocycles. The molecule has 27 heavy (non-hydrogen) atoms. The third kappa shape index (κ3) is 3.03. The summed E-state index contributed by atoms with van der Waals surface area (Å²) in [7, 11) is -3.52. The van der Waals surface area contributed by atoms with Crippen molar-refractivity contribution in [3.63, 3.8) is 0 Å². The van der Waals surface area contributed by atoms with Crippen molar-refractivity contribution in [3.8, 4) is 0 Å². The second-order valence-electron chi connectivity index (χ2n) is 9.15. The molecule has 1 aromatic rings. The van der Waals surface area contributed by atoms with E-state index in [0.717, 1.165) is 26.1 Å². The fraction of sp³-hybridized carbons (Fsp3) is 0.700. The minimum atomic E-state index is -3.52. The highest BCUT2D eigenvalue weighted by Crippen LogP contribution is 2.51. The van der Waals surface area contributed by atoms with Crippen LogP contribution in [0.3, 0.4) is 0 Å². The minimum absolute atomic E-state index is 0.192. The zero-order chi connectivity index (χ0) is 18.7. The Labute approximate surface area is 160 Å². The van der Waals surface area contributed by atoms with E-state index in [1.807, 2.05) is 0 Å². The molecule has 1 saturated carbocycles. The Balaban J connectivity index is 1.20. The van der Waals surface area contributed by atoms with Crippen LogP contribution in [0.15, 0.2) is 29.2 Å². The summed E-state index contributed by atoms with van der Waals surface area (Å²) >= 11 is 0. The van der Waals surface area contributed by atoms with Crippen molar-refractivity contribution in [2.75, 3.05) is 39.4 Å². The zero-order valence-corrected chi connectivity index (χ0v) is 16.4. The Morgan fingerprint density at radius 2 is 1.67 bits per heavy atom. The normalized spacial score (nSPS) is 30.3. The first kappa shape index (κ1) is 18.0. The first-order chi connectivity index (χ1) is 12.9. The number of likely N-dealkylation sites (tertiary alicyclic amines) is 1. The predicted molar refractivity (Wildman–Crippen MR) is 99.3 cm³/mol. The number of ether oxygens (including phenoxy) is 1. The molecular formula is C20H27FN2O3S. The molecule has 148 valence electrons. The molecule has 1 atom stereocenters. The van der Waals surface area contributed by atoms with Gasteiger partial charge in [-0.05, 0) is 61.8 Å². The lowest BCUT2D eigenvalue weighted by molar-refractivity contribution is -0.198. The molecule has 7 heteroatoms. The van der Waals surface area contributed by atoms with Gasteiger partial charge in [0.05, 0.1) is 18.1 Å². The molecule has 4 fully saturated rings. The molecule has 0 radical (unpaired) electrons. The quantitative estimate of drug-likeness (QED) is 0.790. The van der Waals surface area contributed by atoms with Crippen molar-refractivity contribution in [2.45, 2.75) is 43.0 Å². The maximum atomic E-state index is 13.1. The van der Waals surface area contributed by atoms with Crippen LogP contribution >= 0.6 is 0 Å². The summed E-state index contributed by atoms with van der Waals surface area (Å²) in [5, 5.41) is 0. The number of nitrogens with zero attached hydrogens (tertiary/aromatic N) is 2. The van der Waals surface area contributed by atoms with E-state index in [4.69, 9.17) is 4.74 Å². The van der Waals surface area contributed by atoms with Crippen molar-refractivity contribution in [1.82, 2.24) is 9.21 Å². The van der Waals surface area contributed by atoms with E-state index in [1.165, 1.54) is 56.6 Å². The fourth-order valence-electron chi connectivity index (χ4n) is 5.55. The van der Waals surface area contributed by atoms with E-state index >= 15 is 0 Å². The Hall–Kier alpha value is -1.02. The monoisotopic (exact) mass is 394 g/mol. The summed E-state index contributed by atoms with van der Waals surface area (Å²) in [5.74, 6) is -0.412. The Kier molecular flexibility index (Phi) is 4.17. The van der Waals surface area contributed by atoms with Crippen molar-refractivity contribution >= 4 is 10.0 Å². The van der Waals surface area contributed by atoms with Gasteiger partial charge >= 0.3 is 0 Å². The molecule has 1 unspecified atom stereocenters. The third-order valence-corrected chi connectivity index (χ3v) is 9.23. The van der Waals surface area contributed by atoms with Crippen LogP contribution in [-0.2, 0) is 14.8 Å². The Bertz CT molecular complexity index is 806. The minimum Gasteiger partial charge on any atom is -0.380 e. The lowest BCUT2D eigenvalue weighted by atomic mass is 9.75. The first-order valence-electron chi connectivity index (χ1n) is 9.98. The fourth-order valence-corrected chi connectivity index (χ4v) is 6.99. The van der Waals surface area contributed by atoms with Crippen LogP contribution in [0.5, 0.6) is 0 Å². The Morgan fingerprint density at radius 3 is 2.26 bits per heavy atom. The second kappa shape index (κ2) is 6.24. The van der Waals surface area contributed by atoms with Gasteiger partial charge in [-0.25, -0.2) is 12.8 Å². The van der Waals surface area contributed by atoms with Gasteiger partial charge in [-0.1, -0.05) is 0 Å². The molecule has 5 rings (SSSR count). The molecular weight excluding hydrogens is 367 g/mol. The molecule has 3 heterocycles. The van der Waals surface area contributed by atoms with E-state index in [1.54, 1.807) is 4.31 Å². The van der Waals surface area contributed by atoms with Gasteiger partial charge in [0.2, 0.25) is 10.0 Å². The molecule has 1 aromatic carbocycles. The number of sulfonamides is 1. The molecule has 3 saturated heterocycles. The van der Waals surface area contributed by atoms with Crippen LogP contribution in [0.25, 0.3) is 0 Å². The maximum Gasteiger partial charge on any atom is 0.243 e. The van der Waals surface area contributed by atoms with Crippen molar-refractivity contribution in [3.05, 3.63) is 30.1 Å². The summed E-state index contributed by atoms with van der Waals surface area (Å²) in [6, 6.07) is 5.82. The van der Waals surface area contributed by atoms with Gasteiger partial charge in [0.1, 0.15) is 5.82 Å². The number of hydrogen-bond donors (Lipinski definition) is 0. The van der Waals surface area contributed by atoms with Gasteiger partial charge in [-0.15, -0.1) is 0 Å². The average molecular weight is 395 g/mol. The van der Waals surface area contributed by atoms with Crippen LogP contribution in [0, 0.1) is 16.6 Å². The van der Waals surface area contributed by atoms with Gasteiger partial charge in [0.15, 0.2) is 0 Å². The lowest BCUT2D eigenvalue weighted by Crippen LogP contribution is -2.67. The molecule has 0 amide bonds. The SMILES string of the molecule is O=S(=O)(c1ccc(F)cc1)N1CCC2(CCC(N3CC4(COC4)C3)C2)CC1. The molecule has 3 aliphatic heterocycles. The number of piperidine rings is 1. The van der Waals surface area contributed by atoms with E-state index in [2.05, 4.69) is 4.90 Å². The molecule has 0 aromatic heterocycles. The summed E-state index contributed by atoms with van der Waals surface area (Å²) < 4.78 is 45.7. The highest BCUT2D eigenvalue weighted by Gasteiger charge is 2.53. The highest BCUT2D eigenvalue weighted by molar-refractivity contribution is 7.89. The van der Waals surface area contributed by atoms with E-state index in [0.29, 0.717) is 30.0 Å². The third-order valence-electron chi connectivity index (χ3n) is 7.32. The molecule has 0 bridgehead atoms. The summed E-state index contributed by atoms with van der Waals surface area (Å²) in [6.07, 6.45) is 5.52. The topological polar surface area (TPSA) is 49.9 Å². The van der Waals surface area contributed by atoms with E-state index in [-0.39, 0.29) is 4.90 Å². The molecule has 0 N–H and O–H groups in total. The first-order valence-corrected chi connectivity index (χ1v) is 11.4. The van der Waals surface area contributed by atoms with Crippen LogP contribution in [0.1, 0.15) is 32.1 Å². The molecule has 5 nitrogen and oxygen atoms in total. The van der Waals surface area contributed by atoms with Gasteiger partial charge in [-0.3, -0.25) is 4.90 Å². The lowest BCUT2D eigenvalue weighted by Gasteiger charge is -2.57. The summed E-state index contributed by atoms with van der Waals surface area (Å²) in [4.78, 5) is 2.82. The largest absolute Gasteiger partial charge is 0.380 e. The van der Waals surface area contributed by atoms with Gasteiger partial charge in [0.25, 0.3) is 0 Å².